The molecule has 4 rings (SSSR count). The fourth-order valence-electron chi connectivity index (χ4n) is 3.32. The highest BCUT2D eigenvalue weighted by Gasteiger charge is 2.39. The number of anilines is 1. The van der Waals surface area contributed by atoms with Gasteiger partial charge >= 0.3 is 11.9 Å². The van der Waals surface area contributed by atoms with Gasteiger partial charge in [0.15, 0.2) is 17.7 Å². The number of halogens is 7. The van der Waals surface area contributed by atoms with E-state index < -0.39 is 69.0 Å². The van der Waals surface area contributed by atoms with Gasteiger partial charge in [0.25, 0.3) is 5.91 Å². The largest absolute Gasteiger partial charge is 0.480 e. The van der Waals surface area contributed by atoms with Gasteiger partial charge in [0, 0.05) is 12.1 Å². The first kappa shape index (κ1) is 25.6. The summed E-state index contributed by atoms with van der Waals surface area (Å²) in [4.78, 5) is 25.5. The smallest absolute Gasteiger partial charge is 0.425 e. The summed E-state index contributed by atoms with van der Waals surface area (Å²) >= 11 is 5.75. The summed E-state index contributed by atoms with van der Waals surface area (Å²) in [5, 5.41) is 5.36. The Bertz CT molecular complexity index is 1380. The Labute approximate surface area is 203 Å². The van der Waals surface area contributed by atoms with Crippen LogP contribution < -0.4 is 15.7 Å². The Morgan fingerprint density at radius 1 is 1.19 bits per heavy atom. The van der Waals surface area contributed by atoms with Crippen molar-refractivity contribution < 1.29 is 40.6 Å². The van der Waals surface area contributed by atoms with E-state index in [0.29, 0.717) is 35.9 Å². The summed E-state index contributed by atoms with van der Waals surface area (Å²) in [5.74, 6) is -5.51. The summed E-state index contributed by atoms with van der Waals surface area (Å²) in [6.45, 7) is 0.901. The molecule has 0 radical (unpaired) electrons. The first-order valence-corrected chi connectivity index (χ1v) is 10.5. The molecular weight excluding hydrogens is 522 g/mol. The van der Waals surface area contributed by atoms with E-state index in [4.69, 9.17) is 21.1 Å². The number of alkyl halides is 3. The maximum absolute atomic E-state index is 15.1. The predicted molar refractivity (Wildman–Crippen MR) is 113 cm³/mol. The number of nitrogens with one attached hydrogen (secondary N) is 1. The molecule has 2 heterocycles. The van der Waals surface area contributed by atoms with Crippen LogP contribution in [-0.4, -0.2) is 39.1 Å². The van der Waals surface area contributed by atoms with E-state index in [1.54, 1.807) is 0 Å². The average Bonchev–Trinajstić information content (AvgIpc) is 3.12. The Morgan fingerprint density at radius 3 is 2.56 bits per heavy atom. The van der Waals surface area contributed by atoms with Crippen molar-refractivity contribution in [2.75, 3.05) is 11.9 Å². The molecule has 1 atom stereocenters. The molecule has 1 aliphatic rings. The van der Waals surface area contributed by atoms with Crippen LogP contribution >= 0.6 is 11.6 Å². The third-order valence-corrected chi connectivity index (χ3v) is 5.46. The van der Waals surface area contributed by atoms with Gasteiger partial charge < -0.3 is 14.8 Å². The van der Waals surface area contributed by atoms with E-state index >= 15 is 4.39 Å². The predicted octanol–water partition coefficient (Wildman–Crippen LogP) is 4.22. The summed E-state index contributed by atoms with van der Waals surface area (Å²) < 4.78 is 94.0. The molecule has 0 saturated carbocycles. The van der Waals surface area contributed by atoms with Gasteiger partial charge in [-0.05, 0) is 19.1 Å². The van der Waals surface area contributed by atoms with Crippen LogP contribution in [0.1, 0.15) is 23.1 Å². The van der Waals surface area contributed by atoms with Gasteiger partial charge in [-0.3, -0.25) is 9.36 Å². The third-order valence-electron chi connectivity index (χ3n) is 5.16. The Kier molecular flexibility index (Phi) is 6.75. The fraction of sp³-hybridized carbons (Fsp3) is 0.286. The second-order valence-electron chi connectivity index (χ2n) is 7.61. The lowest BCUT2D eigenvalue weighted by atomic mass is 10.1. The first-order valence-electron chi connectivity index (χ1n) is 10.2. The van der Waals surface area contributed by atoms with Crippen molar-refractivity contribution >= 4 is 23.2 Å². The van der Waals surface area contributed by atoms with Crippen LogP contribution in [0.2, 0.25) is 5.02 Å². The van der Waals surface area contributed by atoms with Crippen LogP contribution in [0.25, 0.3) is 5.69 Å². The zero-order chi connectivity index (χ0) is 26.4. The minimum atomic E-state index is -4.88. The van der Waals surface area contributed by atoms with E-state index in [9.17, 15) is 31.5 Å². The highest BCUT2D eigenvalue weighted by Crippen LogP contribution is 2.32. The van der Waals surface area contributed by atoms with Crippen LogP contribution in [0.3, 0.4) is 0 Å². The highest BCUT2D eigenvalue weighted by molar-refractivity contribution is 6.34. The van der Waals surface area contributed by atoms with E-state index in [1.807, 2.05) is 5.32 Å². The zero-order valence-electron chi connectivity index (χ0n) is 18.1. The summed E-state index contributed by atoms with van der Waals surface area (Å²) in [6, 6.07) is 2.28. The number of benzene rings is 2. The van der Waals surface area contributed by atoms with Crippen molar-refractivity contribution in [3.8, 4) is 11.4 Å². The SMILES string of the molecule is C[C@H](Oc1cc(-n2nc3n(c2=O)CCOC3)c(F)cc1C(=O)Nc1c(F)cc(F)cc1Cl)C(F)(F)F. The second kappa shape index (κ2) is 9.50. The molecule has 1 N–H and O–H groups in total. The molecule has 0 fully saturated rings. The molecule has 192 valence electrons. The molecule has 0 unspecified atom stereocenters. The van der Waals surface area contributed by atoms with Crippen LogP contribution in [-0.2, 0) is 17.9 Å². The molecule has 0 bridgehead atoms. The minimum absolute atomic E-state index is 0.0528. The number of aromatic nitrogens is 3. The standard InChI is InChI=1S/C21H15ClF6N4O4/c1-9(21(26,27)28)36-16-7-15(32-20(34)31-2-3-35-8-17(31)30-32)13(24)6-11(16)19(33)29-18-12(22)4-10(23)5-14(18)25/h4-7,9H,2-3,8H2,1H3,(H,29,33)/t9-/m0/s1. The van der Waals surface area contributed by atoms with Crippen molar-refractivity contribution in [3.63, 3.8) is 0 Å². The zero-order valence-corrected chi connectivity index (χ0v) is 18.9. The van der Waals surface area contributed by atoms with Gasteiger partial charge in [0.1, 0.15) is 29.7 Å². The van der Waals surface area contributed by atoms with E-state index in [-0.39, 0.29) is 25.6 Å². The molecule has 2 aromatic carbocycles. The Hall–Kier alpha value is -3.52. The summed E-state index contributed by atoms with van der Waals surface area (Å²) in [7, 11) is 0. The van der Waals surface area contributed by atoms with Crippen LogP contribution in [0, 0.1) is 17.5 Å². The number of hydrogen-bond acceptors (Lipinski definition) is 5. The molecule has 36 heavy (non-hydrogen) atoms. The number of carbonyl (C=O) groups is 1. The molecule has 0 aliphatic carbocycles. The summed E-state index contributed by atoms with van der Waals surface area (Å²) in [6.07, 6.45) is -7.34. The van der Waals surface area contributed by atoms with Crippen molar-refractivity contribution in [1.82, 2.24) is 14.3 Å². The topological polar surface area (TPSA) is 87.4 Å². The number of ether oxygens (including phenoxy) is 2. The Balaban J connectivity index is 1.80. The average molecular weight is 537 g/mol. The van der Waals surface area contributed by atoms with Crippen molar-refractivity contribution in [3.05, 3.63) is 68.6 Å². The van der Waals surface area contributed by atoms with Crippen LogP contribution in [0.15, 0.2) is 29.1 Å². The van der Waals surface area contributed by atoms with Gasteiger partial charge in [0.05, 0.1) is 29.4 Å². The highest BCUT2D eigenvalue weighted by atomic mass is 35.5. The molecule has 0 saturated heterocycles. The number of carbonyl (C=O) groups excluding carboxylic acids is 1. The van der Waals surface area contributed by atoms with E-state index in [2.05, 4.69) is 5.10 Å². The quantitative estimate of drug-likeness (QED) is 0.494. The second-order valence-corrected chi connectivity index (χ2v) is 8.02. The molecule has 8 nitrogen and oxygen atoms in total. The number of rotatable bonds is 5. The van der Waals surface area contributed by atoms with Crippen molar-refractivity contribution in [2.24, 2.45) is 0 Å². The van der Waals surface area contributed by atoms with Crippen molar-refractivity contribution in [1.29, 1.82) is 0 Å². The maximum atomic E-state index is 15.1. The molecule has 3 aromatic rings. The molecular formula is C21H15ClF6N4O4. The molecule has 0 spiro atoms. The third kappa shape index (κ3) is 4.91. The summed E-state index contributed by atoms with van der Waals surface area (Å²) in [5.41, 5.74) is -2.87. The monoisotopic (exact) mass is 536 g/mol. The van der Waals surface area contributed by atoms with E-state index in [0.717, 1.165) is 0 Å². The fourth-order valence-corrected chi connectivity index (χ4v) is 3.57. The number of amides is 1. The van der Waals surface area contributed by atoms with Gasteiger partial charge in [0.2, 0.25) is 0 Å². The maximum Gasteiger partial charge on any atom is 0.425 e. The van der Waals surface area contributed by atoms with Gasteiger partial charge in [-0.1, -0.05) is 11.6 Å². The van der Waals surface area contributed by atoms with Gasteiger partial charge in [-0.25, -0.2) is 18.0 Å². The lowest BCUT2D eigenvalue weighted by Gasteiger charge is -2.20. The van der Waals surface area contributed by atoms with Crippen molar-refractivity contribution in [2.45, 2.75) is 32.4 Å². The number of hydrogen-bond donors (Lipinski definition) is 1. The number of nitrogens with zero attached hydrogens (tertiary/aromatic N) is 3. The lowest BCUT2D eigenvalue weighted by molar-refractivity contribution is -0.189. The molecule has 1 amide bonds. The van der Waals surface area contributed by atoms with Gasteiger partial charge in [-0.15, -0.1) is 5.10 Å². The first-order chi connectivity index (χ1) is 16.9. The van der Waals surface area contributed by atoms with E-state index in [1.165, 1.54) is 4.57 Å². The molecule has 1 aliphatic heterocycles. The number of fused-ring (bicyclic) bond motifs is 1. The molecule has 1 aromatic heterocycles. The lowest BCUT2D eigenvalue weighted by Crippen LogP contribution is -2.32. The molecule has 15 heteroatoms. The minimum Gasteiger partial charge on any atom is -0.480 e. The van der Waals surface area contributed by atoms with Crippen LogP contribution in [0.4, 0.5) is 32.0 Å². The Morgan fingerprint density at radius 2 is 1.92 bits per heavy atom. The normalized spacial score (nSPS) is 14.3. The van der Waals surface area contributed by atoms with Gasteiger partial charge in [-0.2, -0.15) is 17.9 Å². The van der Waals surface area contributed by atoms with Crippen LogP contribution in [0.5, 0.6) is 5.75 Å².